The van der Waals surface area contributed by atoms with Gasteiger partial charge < -0.3 is 10.1 Å². The van der Waals surface area contributed by atoms with Crippen LogP contribution in [0, 0.1) is 0 Å². The molecule has 0 bridgehead atoms. The van der Waals surface area contributed by atoms with E-state index >= 15 is 0 Å². The lowest BCUT2D eigenvalue weighted by molar-refractivity contribution is -0.138. The summed E-state index contributed by atoms with van der Waals surface area (Å²) in [5.74, 6) is 0.674. The van der Waals surface area contributed by atoms with Crippen LogP contribution in [0.15, 0.2) is 24.3 Å². The lowest BCUT2D eigenvalue weighted by Gasteiger charge is -2.24. The Bertz CT molecular complexity index is 483. The number of ether oxygens (including phenoxy) is 1. The first kappa shape index (κ1) is 15.5. The number of rotatable bonds is 7. The molecule has 1 aromatic rings. The maximum atomic E-state index is 11.8. The van der Waals surface area contributed by atoms with Crippen LogP contribution in [0.3, 0.4) is 0 Å². The molecule has 0 radical (unpaired) electrons. The van der Waals surface area contributed by atoms with Crippen molar-refractivity contribution in [3.05, 3.63) is 29.8 Å². The Morgan fingerprint density at radius 2 is 1.76 bits per heavy atom. The van der Waals surface area contributed by atoms with Gasteiger partial charge in [-0.25, -0.2) is 0 Å². The number of carbonyl (C=O) groups excluding carboxylic acids is 2. The van der Waals surface area contributed by atoms with E-state index in [-0.39, 0.29) is 17.9 Å². The van der Waals surface area contributed by atoms with E-state index in [0.29, 0.717) is 26.0 Å². The molecule has 1 aliphatic rings. The van der Waals surface area contributed by atoms with Crippen LogP contribution in [0.4, 0.5) is 0 Å². The van der Waals surface area contributed by atoms with Gasteiger partial charge in [0.05, 0.1) is 12.6 Å². The van der Waals surface area contributed by atoms with Crippen LogP contribution in [0.2, 0.25) is 0 Å². The Labute approximate surface area is 125 Å². The minimum Gasteiger partial charge on any atom is -0.494 e. The average Bonchev–Trinajstić information content (AvgIpc) is 2.80. The van der Waals surface area contributed by atoms with Gasteiger partial charge in [-0.05, 0) is 31.2 Å². The Kier molecular flexibility index (Phi) is 5.33. The fourth-order valence-corrected chi connectivity index (χ4v) is 2.51. The van der Waals surface area contributed by atoms with Crippen molar-refractivity contribution in [3.63, 3.8) is 0 Å². The van der Waals surface area contributed by atoms with Crippen molar-refractivity contribution in [1.82, 2.24) is 10.2 Å². The zero-order valence-electron chi connectivity index (χ0n) is 12.6. The number of nitrogens with one attached hydrogen (secondary N) is 1. The molecule has 1 unspecified atom stereocenters. The van der Waals surface area contributed by atoms with Crippen LogP contribution in [0.5, 0.6) is 5.75 Å². The molecule has 0 spiro atoms. The first-order valence-corrected chi connectivity index (χ1v) is 7.45. The molecule has 1 fully saturated rings. The molecule has 114 valence electrons. The molecule has 1 aromatic carbocycles. The molecule has 1 atom stereocenters. The van der Waals surface area contributed by atoms with Gasteiger partial charge in [-0.3, -0.25) is 14.5 Å². The number of carbonyl (C=O) groups is 2. The molecule has 0 saturated carbocycles. The molecular weight excluding hydrogens is 268 g/mol. The first-order chi connectivity index (χ1) is 10.2. The molecule has 1 heterocycles. The van der Waals surface area contributed by atoms with E-state index in [1.54, 1.807) is 0 Å². The fraction of sp³-hybridized carbons (Fsp3) is 0.500. The molecular formula is C16H22N2O3. The van der Waals surface area contributed by atoms with Gasteiger partial charge in [0.1, 0.15) is 5.75 Å². The second-order valence-corrected chi connectivity index (χ2v) is 5.01. The number of amides is 2. The second kappa shape index (κ2) is 7.22. The minimum atomic E-state index is -0.0751. The van der Waals surface area contributed by atoms with Gasteiger partial charge >= 0.3 is 0 Å². The number of benzene rings is 1. The second-order valence-electron chi connectivity index (χ2n) is 5.01. The van der Waals surface area contributed by atoms with Crippen LogP contribution in [0.25, 0.3) is 0 Å². The predicted molar refractivity (Wildman–Crippen MR) is 80.0 cm³/mol. The summed E-state index contributed by atoms with van der Waals surface area (Å²) in [6.07, 6.45) is 0.669. The number of hydrogen-bond acceptors (Lipinski definition) is 4. The molecule has 1 N–H and O–H groups in total. The third-order valence-corrected chi connectivity index (χ3v) is 3.56. The van der Waals surface area contributed by atoms with E-state index in [4.69, 9.17) is 4.74 Å². The highest BCUT2D eigenvalue weighted by Crippen LogP contribution is 2.21. The maximum Gasteiger partial charge on any atom is 0.229 e. The van der Waals surface area contributed by atoms with Gasteiger partial charge in [0.25, 0.3) is 0 Å². The minimum absolute atomic E-state index is 0.0447. The summed E-state index contributed by atoms with van der Waals surface area (Å²) in [6.45, 7) is 5.75. The van der Waals surface area contributed by atoms with E-state index < -0.39 is 0 Å². The fourth-order valence-electron chi connectivity index (χ4n) is 2.51. The van der Waals surface area contributed by atoms with Crippen molar-refractivity contribution in [2.75, 3.05) is 19.7 Å². The average molecular weight is 290 g/mol. The highest BCUT2D eigenvalue weighted by molar-refractivity contribution is 6.01. The number of likely N-dealkylation sites (tertiary alicyclic amines) is 1. The van der Waals surface area contributed by atoms with Gasteiger partial charge in [0.15, 0.2) is 0 Å². The highest BCUT2D eigenvalue weighted by Gasteiger charge is 2.31. The Balaban J connectivity index is 2.10. The normalized spacial score (nSPS) is 16.4. The zero-order chi connectivity index (χ0) is 15.2. The maximum absolute atomic E-state index is 11.8. The van der Waals surface area contributed by atoms with E-state index in [9.17, 15) is 9.59 Å². The van der Waals surface area contributed by atoms with Crippen LogP contribution >= 0.6 is 0 Å². The zero-order valence-corrected chi connectivity index (χ0v) is 12.6. The van der Waals surface area contributed by atoms with Gasteiger partial charge in [0.2, 0.25) is 11.8 Å². The summed E-state index contributed by atoms with van der Waals surface area (Å²) in [7, 11) is 0. The first-order valence-electron chi connectivity index (χ1n) is 7.45. The highest BCUT2D eigenvalue weighted by atomic mass is 16.5. The monoisotopic (exact) mass is 290 g/mol. The van der Waals surface area contributed by atoms with Crippen molar-refractivity contribution in [1.29, 1.82) is 0 Å². The Hall–Kier alpha value is -1.88. The van der Waals surface area contributed by atoms with E-state index in [1.165, 1.54) is 4.90 Å². The van der Waals surface area contributed by atoms with E-state index in [2.05, 4.69) is 5.32 Å². The van der Waals surface area contributed by atoms with Crippen molar-refractivity contribution in [2.24, 2.45) is 0 Å². The van der Waals surface area contributed by atoms with Crippen LogP contribution in [0.1, 0.15) is 38.3 Å². The quantitative estimate of drug-likeness (QED) is 0.779. The smallest absolute Gasteiger partial charge is 0.229 e. The molecule has 2 amide bonds. The standard InChI is InChI=1S/C16H22N2O3/c1-3-17-14(11-18-15(19)9-10-16(18)20)12-5-7-13(8-6-12)21-4-2/h5-8,14,17H,3-4,9-11H2,1-2H3. The third kappa shape index (κ3) is 3.82. The summed E-state index contributed by atoms with van der Waals surface area (Å²) in [5, 5.41) is 3.33. The van der Waals surface area contributed by atoms with E-state index in [1.807, 2.05) is 38.1 Å². The summed E-state index contributed by atoms with van der Waals surface area (Å²) in [6, 6.07) is 7.73. The summed E-state index contributed by atoms with van der Waals surface area (Å²) >= 11 is 0. The Morgan fingerprint density at radius 1 is 1.14 bits per heavy atom. The molecule has 5 nitrogen and oxygen atoms in total. The van der Waals surface area contributed by atoms with Gasteiger partial charge in [-0.15, -0.1) is 0 Å². The predicted octanol–water partition coefficient (Wildman–Crippen LogP) is 1.88. The molecule has 1 aliphatic heterocycles. The molecule has 0 aliphatic carbocycles. The van der Waals surface area contributed by atoms with Crippen molar-refractivity contribution >= 4 is 11.8 Å². The molecule has 21 heavy (non-hydrogen) atoms. The van der Waals surface area contributed by atoms with Crippen LogP contribution in [-0.2, 0) is 9.59 Å². The molecule has 2 rings (SSSR count). The number of imide groups is 1. The third-order valence-electron chi connectivity index (χ3n) is 3.56. The van der Waals surface area contributed by atoms with Gasteiger partial charge in [0, 0.05) is 19.4 Å². The van der Waals surface area contributed by atoms with Crippen LogP contribution < -0.4 is 10.1 Å². The number of likely N-dealkylation sites (N-methyl/N-ethyl adjacent to an activating group) is 1. The van der Waals surface area contributed by atoms with Gasteiger partial charge in [-0.2, -0.15) is 0 Å². The molecule has 0 aromatic heterocycles. The lowest BCUT2D eigenvalue weighted by atomic mass is 10.1. The van der Waals surface area contributed by atoms with Crippen molar-refractivity contribution in [2.45, 2.75) is 32.7 Å². The summed E-state index contributed by atoms with van der Waals surface area (Å²) in [4.78, 5) is 24.9. The SMILES string of the molecule is CCNC(CN1C(=O)CCC1=O)c1ccc(OCC)cc1. The molecule has 5 heteroatoms. The topological polar surface area (TPSA) is 58.6 Å². The van der Waals surface area contributed by atoms with E-state index in [0.717, 1.165) is 17.9 Å². The largest absolute Gasteiger partial charge is 0.494 e. The molecule has 1 saturated heterocycles. The van der Waals surface area contributed by atoms with Crippen LogP contribution in [-0.4, -0.2) is 36.4 Å². The summed E-state index contributed by atoms with van der Waals surface area (Å²) in [5.41, 5.74) is 1.05. The summed E-state index contributed by atoms with van der Waals surface area (Å²) < 4.78 is 5.43. The van der Waals surface area contributed by atoms with Crippen molar-refractivity contribution < 1.29 is 14.3 Å². The van der Waals surface area contributed by atoms with Crippen molar-refractivity contribution in [3.8, 4) is 5.75 Å². The van der Waals surface area contributed by atoms with Gasteiger partial charge in [-0.1, -0.05) is 19.1 Å². The number of hydrogen-bond donors (Lipinski definition) is 1. The lowest BCUT2D eigenvalue weighted by Crippen LogP contribution is -2.38. The Morgan fingerprint density at radius 3 is 2.29 bits per heavy atom. The number of nitrogens with zero attached hydrogens (tertiary/aromatic N) is 1.